The van der Waals surface area contributed by atoms with Crippen LogP contribution in [0.3, 0.4) is 0 Å². The first-order valence-electron chi connectivity index (χ1n) is 8.16. The maximum absolute atomic E-state index is 13.9. The number of aromatic nitrogens is 3. The molecule has 7 nitrogen and oxygen atoms in total. The smallest absolute Gasteiger partial charge is 0.191 e. The Kier molecular flexibility index (Phi) is 5.42. The van der Waals surface area contributed by atoms with Crippen molar-refractivity contribution in [1.82, 2.24) is 25.4 Å². The molecule has 0 aliphatic carbocycles. The van der Waals surface area contributed by atoms with Gasteiger partial charge in [0.2, 0.25) is 0 Å². The molecule has 134 valence electrons. The van der Waals surface area contributed by atoms with Gasteiger partial charge in [-0.2, -0.15) is 5.10 Å². The van der Waals surface area contributed by atoms with Crippen LogP contribution in [0, 0.1) is 11.6 Å². The number of hydrogen-bond donors (Lipinski definition) is 2. The van der Waals surface area contributed by atoms with Gasteiger partial charge >= 0.3 is 0 Å². The molecule has 3 rings (SSSR count). The largest absolute Gasteiger partial charge is 0.365 e. The van der Waals surface area contributed by atoms with E-state index in [0.29, 0.717) is 32.1 Å². The Morgan fingerprint density at radius 2 is 2.16 bits per heavy atom. The van der Waals surface area contributed by atoms with E-state index in [2.05, 4.69) is 25.7 Å². The second-order valence-electron chi connectivity index (χ2n) is 5.80. The number of benzene rings is 1. The molecule has 9 heteroatoms. The number of para-hydroxylation sites is 1. The molecule has 1 aliphatic rings. The Labute approximate surface area is 144 Å². The van der Waals surface area contributed by atoms with Crippen molar-refractivity contribution >= 4 is 11.6 Å². The standard InChI is InChI=1S/C16H21F2N7/c1-19-16(21-6-8-25-11-20-10-22-25)23-12-5-7-24(9-12)15-13(17)3-2-4-14(15)18/h2-4,10-12H,5-9H2,1H3,(H2,19,21,23). The Balaban J connectivity index is 1.51. The summed E-state index contributed by atoms with van der Waals surface area (Å²) in [6, 6.07) is 4.01. The van der Waals surface area contributed by atoms with Gasteiger partial charge in [0, 0.05) is 32.7 Å². The number of halogens is 2. The summed E-state index contributed by atoms with van der Waals surface area (Å²) in [4.78, 5) is 9.80. The minimum atomic E-state index is -0.531. The van der Waals surface area contributed by atoms with Crippen LogP contribution < -0.4 is 15.5 Å². The van der Waals surface area contributed by atoms with Gasteiger partial charge in [0.05, 0.1) is 6.54 Å². The topological polar surface area (TPSA) is 70.4 Å². The van der Waals surface area contributed by atoms with Crippen LogP contribution in [0.15, 0.2) is 35.8 Å². The summed E-state index contributed by atoms with van der Waals surface area (Å²) in [6.45, 7) is 2.41. The fourth-order valence-electron chi connectivity index (χ4n) is 2.90. The van der Waals surface area contributed by atoms with Crippen LogP contribution in [-0.2, 0) is 6.54 Å². The van der Waals surface area contributed by atoms with Gasteiger partial charge in [-0.05, 0) is 18.6 Å². The monoisotopic (exact) mass is 349 g/mol. The van der Waals surface area contributed by atoms with E-state index in [-0.39, 0.29) is 11.7 Å². The van der Waals surface area contributed by atoms with Crippen LogP contribution >= 0.6 is 0 Å². The highest BCUT2D eigenvalue weighted by molar-refractivity contribution is 5.80. The lowest BCUT2D eigenvalue weighted by atomic mass is 10.2. The molecule has 1 saturated heterocycles. The van der Waals surface area contributed by atoms with Gasteiger partial charge in [-0.15, -0.1) is 0 Å². The summed E-state index contributed by atoms with van der Waals surface area (Å²) < 4.78 is 29.5. The summed E-state index contributed by atoms with van der Waals surface area (Å²) >= 11 is 0. The molecule has 1 atom stereocenters. The van der Waals surface area contributed by atoms with Crippen LogP contribution in [0.25, 0.3) is 0 Å². The summed E-state index contributed by atoms with van der Waals surface area (Å²) in [5, 5.41) is 10.5. The number of hydrogen-bond acceptors (Lipinski definition) is 4. The molecule has 0 saturated carbocycles. The average Bonchev–Trinajstić information content (AvgIpc) is 3.26. The number of anilines is 1. The van der Waals surface area contributed by atoms with Gasteiger partial charge in [0.1, 0.15) is 30.0 Å². The third kappa shape index (κ3) is 4.23. The second-order valence-corrected chi connectivity index (χ2v) is 5.80. The molecule has 1 fully saturated rings. The van der Waals surface area contributed by atoms with Crippen molar-refractivity contribution in [1.29, 1.82) is 0 Å². The van der Waals surface area contributed by atoms with Crippen molar-refractivity contribution in [3.8, 4) is 0 Å². The molecule has 0 amide bonds. The molecule has 25 heavy (non-hydrogen) atoms. The van der Waals surface area contributed by atoms with Crippen molar-refractivity contribution in [2.24, 2.45) is 4.99 Å². The Morgan fingerprint density at radius 1 is 1.36 bits per heavy atom. The van der Waals surface area contributed by atoms with Gasteiger partial charge < -0.3 is 15.5 Å². The van der Waals surface area contributed by atoms with Crippen LogP contribution in [0.4, 0.5) is 14.5 Å². The Hall–Kier alpha value is -2.71. The summed E-state index contributed by atoms with van der Waals surface area (Å²) in [6.07, 6.45) is 3.91. The van der Waals surface area contributed by atoms with E-state index in [1.165, 1.54) is 24.5 Å². The number of nitrogens with zero attached hydrogens (tertiary/aromatic N) is 5. The molecule has 0 bridgehead atoms. The maximum Gasteiger partial charge on any atom is 0.191 e. The van der Waals surface area contributed by atoms with E-state index < -0.39 is 11.6 Å². The Morgan fingerprint density at radius 3 is 2.84 bits per heavy atom. The molecule has 1 aromatic carbocycles. The molecule has 0 spiro atoms. The molecule has 2 N–H and O–H groups in total. The summed E-state index contributed by atoms with van der Waals surface area (Å²) in [5.41, 5.74) is 0.0425. The highest BCUT2D eigenvalue weighted by atomic mass is 19.1. The van der Waals surface area contributed by atoms with Crippen LogP contribution in [0.1, 0.15) is 6.42 Å². The molecule has 2 heterocycles. The fraction of sp³-hybridized carbons (Fsp3) is 0.438. The molecular formula is C16H21F2N7. The van der Waals surface area contributed by atoms with Crippen LogP contribution in [0.5, 0.6) is 0 Å². The lowest BCUT2D eigenvalue weighted by Crippen LogP contribution is -2.45. The van der Waals surface area contributed by atoms with E-state index in [1.807, 2.05) is 0 Å². The number of nitrogens with one attached hydrogen (secondary N) is 2. The maximum atomic E-state index is 13.9. The van der Waals surface area contributed by atoms with Gasteiger partial charge in [0.15, 0.2) is 5.96 Å². The fourth-order valence-corrected chi connectivity index (χ4v) is 2.90. The van der Waals surface area contributed by atoms with E-state index in [4.69, 9.17) is 0 Å². The minimum absolute atomic E-state index is 0.0425. The quantitative estimate of drug-likeness (QED) is 0.623. The molecule has 0 radical (unpaired) electrons. The van der Waals surface area contributed by atoms with Crippen molar-refractivity contribution in [3.05, 3.63) is 42.5 Å². The molecule has 2 aromatic rings. The van der Waals surface area contributed by atoms with E-state index in [1.54, 1.807) is 23.0 Å². The van der Waals surface area contributed by atoms with Crippen molar-refractivity contribution < 1.29 is 8.78 Å². The molecule has 1 aromatic heterocycles. The average molecular weight is 349 g/mol. The summed E-state index contributed by atoms with van der Waals surface area (Å²) in [7, 11) is 1.69. The normalized spacial score (nSPS) is 17.8. The van der Waals surface area contributed by atoms with Crippen LogP contribution in [0.2, 0.25) is 0 Å². The van der Waals surface area contributed by atoms with Gasteiger partial charge in [-0.25, -0.2) is 13.8 Å². The van der Waals surface area contributed by atoms with E-state index >= 15 is 0 Å². The first-order chi connectivity index (χ1) is 12.2. The highest BCUT2D eigenvalue weighted by Gasteiger charge is 2.27. The van der Waals surface area contributed by atoms with Crippen molar-refractivity contribution in [3.63, 3.8) is 0 Å². The zero-order valence-electron chi connectivity index (χ0n) is 14.0. The summed E-state index contributed by atoms with van der Waals surface area (Å²) in [5.74, 6) is -0.409. The predicted octanol–water partition coefficient (Wildman–Crippen LogP) is 1.00. The minimum Gasteiger partial charge on any atom is -0.365 e. The first-order valence-corrected chi connectivity index (χ1v) is 8.16. The van der Waals surface area contributed by atoms with Crippen molar-refractivity contribution in [2.75, 3.05) is 31.6 Å². The van der Waals surface area contributed by atoms with Gasteiger partial charge in [-0.1, -0.05) is 6.07 Å². The first kappa shape index (κ1) is 17.1. The predicted molar refractivity (Wildman–Crippen MR) is 91.5 cm³/mol. The van der Waals surface area contributed by atoms with Crippen molar-refractivity contribution in [2.45, 2.75) is 19.0 Å². The lowest BCUT2D eigenvalue weighted by Gasteiger charge is -2.21. The highest BCUT2D eigenvalue weighted by Crippen LogP contribution is 2.26. The third-order valence-corrected chi connectivity index (χ3v) is 4.11. The zero-order chi connectivity index (χ0) is 17.6. The van der Waals surface area contributed by atoms with Crippen LogP contribution in [-0.4, -0.2) is 53.4 Å². The van der Waals surface area contributed by atoms with E-state index in [9.17, 15) is 8.78 Å². The SMILES string of the molecule is CN=C(NCCn1cncn1)NC1CCN(c2c(F)cccc2F)C1. The second kappa shape index (κ2) is 7.91. The lowest BCUT2D eigenvalue weighted by molar-refractivity contribution is 0.574. The van der Waals surface area contributed by atoms with E-state index in [0.717, 1.165) is 6.42 Å². The molecular weight excluding hydrogens is 328 g/mol. The molecule has 1 unspecified atom stereocenters. The van der Waals surface area contributed by atoms with Gasteiger partial charge in [0.25, 0.3) is 0 Å². The number of guanidine groups is 1. The zero-order valence-corrected chi connectivity index (χ0v) is 14.0. The number of rotatable bonds is 5. The third-order valence-electron chi connectivity index (χ3n) is 4.11. The van der Waals surface area contributed by atoms with Gasteiger partial charge in [-0.3, -0.25) is 9.67 Å². The number of aliphatic imine (C=N–C) groups is 1. The molecule has 1 aliphatic heterocycles. The Bertz CT molecular complexity index is 697.